The van der Waals surface area contributed by atoms with Crippen molar-refractivity contribution in [1.29, 1.82) is 0 Å². The number of rotatable bonds is 10. The number of carbonyl (C=O) groups is 2. The van der Waals surface area contributed by atoms with Gasteiger partial charge in [-0.3, -0.25) is 0 Å². The molecule has 10 heterocycles. The van der Waals surface area contributed by atoms with Crippen LogP contribution in [0.3, 0.4) is 0 Å². The van der Waals surface area contributed by atoms with Gasteiger partial charge in [-0.15, -0.1) is 0 Å². The Morgan fingerprint density at radius 3 is 1.31 bits per heavy atom. The monoisotopic (exact) mass is 482 g/mol. The third-order valence-corrected chi connectivity index (χ3v) is 80.1. The SMILES string of the molecule is C[C]12[CH]3[C]4(C)[C]5(C)[C]1(C)[Fe]32451678[C]2(C)[C]1(C)[C]6(C)[C]7(C(=O)CCCCCCCCC(=O)O)[C]28C. The van der Waals surface area contributed by atoms with Crippen molar-refractivity contribution in [3.8, 4) is 0 Å². The summed E-state index contributed by atoms with van der Waals surface area (Å²) < 4.78 is 4.25. The van der Waals surface area contributed by atoms with Gasteiger partial charge in [-0.05, 0) is 0 Å². The van der Waals surface area contributed by atoms with Crippen molar-refractivity contribution in [2.45, 2.75) is 150 Å². The predicted octanol–water partition coefficient (Wildman–Crippen LogP) is 8.64. The van der Waals surface area contributed by atoms with Gasteiger partial charge >= 0.3 is 183 Å². The molecular weight excluding hydrogens is 440 g/mol. The van der Waals surface area contributed by atoms with E-state index in [1.165, 1.54) is 0 Å². The van der Waals surface area contributed by atoms with Gasteiger partial charge in [0.05, 0.1) is 0 Å². The number of hydrogen-bond donors (Lipinski definition) is 1. The van der Waals surface area contributed by atoms with Crippen molar-refractivity contribution >= 4 is 11.8 Å². The molecule has 1 N–H and O–H groups in total. The molecule has 4 heteroatoms. The van der Waals surface area contributed by atoms with Crippen LogP contribution in [0.2, 0.25) is 43.6 Å². The van der Waals surface area contributed by atoms with E-state index in [2.05, 4.69) is 55.4 Å². The van der Waals surface area contributed by atoms with E-state index in [9.17, 15) is 9.59 Å². The molecule has 0 aromatic carbocycles. The molecule has 10 aliphatic heterocycles. The molecule has 0 aromatic heterocycles. The van der Waals surface area contributed by atoms with Gasteiger partial charge in [0.25, 0.3) is 0 Å². The molecule has 10 aliphatic rings. The summed E-state index contributed by atoms with van der Waals surface area (Å²) in [5.74, 6) is 0.0647. The zero-order valence-corrected chi connectivity index (χ0v) is 22.5. The number of Topliss-reactive ketones (excluding diaryl/α,β-unsaturated/α-hetero) is 1. The number of unbranched alkanes of at least 4 members (excludes halogenated alkanes) is 5. The normalized spacial score (nSPS) is 87.4. The fourth-order valence-electron chi connectivity index (χ4n) is 30.8. The summed E-state index contributed by atoms with van der Waals surface area (Å²) in [7, 11) is 0. The summed E-state index contributed by atoms with van der Waals surface area (Å²) in [6.07, 6.45) is 7.36. The third kappa shape index (κ3) is 0.209. The quantitative estimate of drug-likeness (QED) is 0.250. The predicted molar refractivity (Wildman–Crippen MR) is 123 cm³/mol. The van der Waals surface area contributed by atoms with E-state index >= 15 is 0 Å². The third-order valence-electron chi connectivity index (χ3n) is 24.7. The first kappa shape index (κ1) is 18.0. The van der Waals surface area contributed by atoms with Gasteiger partial charge in [0.15, 0.2) is 0 Å². The molecular formula is C28H42FeO3. The van der Waals surface area contributed by atoms with Crippen LogP contribution in [0.1, 0.15) is 107 Å². The van der Waals surface area contributed by atoms with Crippen molar-refractivity contribution in [2.24, 2.45) is 0 Å². The van der Waals surface area contributed by atoms with Crippen molar-refractivity contribution in [2.75, 3.05) is 0 Å². The van der Waals surface area contributed by atoms with Gasteiger partial charge in [-0.25, -0.2) is 0 Å². The van der Waals surface area contributed by atoms with Crippen LogP contribution >= 0.6 is 0 Å². The second-order valence-electron chi connectivity index (χ2n) is 16.5. The Bertz CT molecular complexity index is 1540. The molecule has 0 radical (unpaired) electrons. The zero-order chi connectivity index (χ0) is 23.2. The Balaban J connectivity index is 1.04. The maximum atomic E-state index is 14.6. The molecule has 10 fully saturated rings. The first-order valence-corrected chi connectivity index (χ1v) is 19.1. The molecule has 10 saturated heterocycles. The van der Waals surface area contributed by atoms with Crippen molar-refractivity contribution in [3.63, 3.8) is 0 Å². The number of carboxylic acid groups (broad SMARTS) is 1. The van der Waals surface area contributed by atoms with E-state index < -0.39 is 12.5 Å². The number of hydrogen-bond acceptors (Lipinski definition) is 2. The van der Waals surface area contributed by atoms with Gasteiger partial charge in [0.2, 0.25) is 0 Å². The van der Waals surface area contributed by atoms with Gasteiger partial charge in [0.1, 0.15) is 0 Å². The number of fused-ring (bicyclic) bond motifs is 10. The van der Waals surface area contributed by atoms with E-state index in [1.54, 1.807) is 0 Å². The molecule has 0 bridgehead atoms. The molecule has 8 unspecified atom stereocenters. The van der Waals surface area contributed by atoms with E-state index in [-0.39, 0.29) is 4.31 Å². The Labute approximate surface area is 183 Å². The van der Waals surface area contributed by atoms with Crippen molar-refractivity contribution < 1.29 is 21.2 Å². The minimum absolute atomic E-state index is 0.136. The van der Waals surface area contributed by atoms with Gasteiger partial charge in [0, 0.05) is 0 Å². The second kappa shape index (κ2) is 2.02. The molecule has 8 atom stereocenters. The van der Waals surface area contributed by atoms with Crippen LogP contribution in [0.25, 0.3) is 0 Å². The first-order chi connectivity index (χ1) is 14.5. The Hall–Kier alpha value is -0.341. The number of ketones is 1. The average molecular weight is 482 g/mol. The minimum atomic E-state index is -4.50. The summed E-state index contributed by atoms with van der Waals surface area (Å²) in [6, 6.07) is 0. The van der Waals surface area contributed by atoms with Crippen LogP contribution in [0.5, 0.6) is 0 Å². The van der Waals surface area contributed by atoms with E-state index in [4.69, 9.17) is 5.11 Å². The van der Waals surface area contributed by atoms with Crippen LogP contribution in [-0.2, 0) is 16.1 Å². The van der Waals surface area contributed by atoms with Crippen LogP contribution in [0.15, 0.2) is 0 Å². The van der Waals surface area contributed by atoms with Crippen LogP contribution < -0.4 is 0 Å². The Morgan fingerprint density at radius 2 is 1.03 bits per heavy atom. The van der Waals surface area contributed by atoms with Gasteiger partial charge in [-0.1, -0.05) is 0 Å². The molecule has 0 aliphatic carbocycles. The molecule has 32 heavy (non-hydrogen) atoms. The van der Waals surface area contributed by atoms with E-state index in [0.29, 0.717) is 40.9 Å². The van der Waals surface area contributed by atoms with Crippen LogP contribution in [-0.4, -0.2) is 16.9 Å². The molecule has 1 spiro atoms. The van der Waals surface area contributed by atoms with Crippen molar-refractivity contribution in [3.05, 3.63) is 0 Å². The summed E-state index contributed by atoms with van der Waals surface area (Å²) >= 11 is 0. The molecule has 0 amide bonds. The Morgan fingerprint density at radius 1 is 0.625 bits per heavy atom. The molecule has 3 nitrogen and oxygen atoms in total. The summed E-state index contributed by atoms with van der Waals surface area (Å²) in [5.41, 5.74) is 0. The van der Waals surface area contributed by atoms with E-state index in [1.807, 2.05) is 0 Å². The summed E-state index contributed by atoms with van der Waals surface area (Å²) in [5, 5.41) is 8.79. The average Bonchev–Trinajstić information content (AvgIpc) is 3.68. The molecule has 180 valence electrons. The number of aliphatic carboxylic acids is 1. The maximum absolute atomic E-state index is 14.6. The fraction of sp³-hybridized carbons (Fsp3) is 0.929. The molecule has 0 aromatic rings. The van der Waals surface area contributed by atoms with Crippen LogP contribution in [0, 0.1) is 0 Å². The number of carbonyl (C=O) groups excluding carboxylic acids is 1. The zero-order valence-electron chi connectivity index (χ0n) is 21.4. The van der Waals surface area contributed by atoms with Gasteiger partial charge < -0.3 is 0 Å². The van der Waals surface area contributed by atoms with Crippen molar-refractivity contribution in [1.82, 2.24) is 0 Å². The summed E-state index contributed by atoms with van der Waals surface area (Å²) in [4.78, 5) is 26.3. The Kier molecular flexibility index (Phi) is 1.13. The fourth-order valence-corrected chi connectivity index (χ4v) is 131. The van der Waals surface area contributed by atoms with E-state index in [0.717, 1.165) is 55.5 Å². The molecule has 0 saturated carbocycles. The summed E-state index contributed by atoms with van der Waals surface area (Å²) in [6.45, 7) is 17.5. The first-order valence-electron chi connectivity index (χ1n) is 13.5. The molecule has 10 rings (SSSR count). The number of carboxylic acids is 1. The van der Waals surface area contributed by atoms with Gasteiger partial charge in [-0.2, -0.15) is 0 Å². The topological polar surface area (TPSA) is 54.4 Å². The standard InChI is InChI=1S/C19H29O3.C9H13.Fe/c1-13-14(2)16(4)19(15(13)3)17(20)11-9-7-5-6-8-10-12-18(21)22;1-6-5-7(2)9(4)8(6)3;/h5-12H2,1-4H3,(H,21,22);5H,1-4H3;. The van der Waals surface area contributed by atoms with Crippen LogP contribution in [0.4, 0.5) is 0 Å². The second-order valence-corrected chi connectivity index (χ2v) is 39.7.